The van der Waals surface area contributed by atoms with Gasteiger partial charge in [-0.25, -0.2) is 0 Å². The standard InChI is InChI=1S/C16H26N4O3/c1-3-16(22)20(10-9-19-7-5-4-6-8-19)12-15(21)17-14-11-13(2)23-18-14/h11H,3-10,12H2,1-2H3,(H,17,18,21). The molecule has 7 heteroatoms. The SMILES string of the molecule is CCC(=O)N(CCN1CCCCC1)CC(=O)Nc1cc(C)on1. The van der Waals surface area contributed by atoms with Gasteiger partial charge in [0.05, 0.1) is 6.54 Å². The molecule has 1 fully saturated rings. The number of amides is 2. The van der Waals surface area contributed by atoms with Crippen LogP contribution in [0.3, 0.4) is 0 Å². The highest BCUT2D eigenvalue weighted by Gasteiger charge is 2.18. The first-order valence-corrected chi connectivity index (χ1v) is 8.31. The first kappa shape index (κ1) is 17.5. The van der Waals surface area contributed by atoms with Crippen molar-refractivity contribution in [2.24, 2.45) is 0 Å². The zero-order valence-electron chi connectivity index (χ0n) is 14.0. The van der Waals surface area contributed by atoms with Crippen molar-refractivity contribution >= 4 is 17.6 Å². The molecular weight excluding hydrogens is 296 g/mol. The Morgan fingerprint density at radius 1 is 1.35 bits per heavy atom. The molecule has 0 aliphatic carbocycles. The van der Waals surface area contributed by atoms with Gasteiger partial charge in [-0.15, -0.1) is 0 Å². The van der Waals surface area contributed by atoms with Gasteiger partial charge < -0.3 is 19.6 Å². The average Bonchev–Trinajstić information content (AvgIpc) is 2.96. The van der Waals surface area contributed by atoms with Gasteiger partial charge in [0.15, 0.2) is 5.82 Å². The molecule has 7 nitrogen and oxygen atoms in total. The van der Waals surface area contributed by atoms with Gasteiger partial charge in [0.2, 0.25) is 11.8 Å². The molecule has 0 spiro atoms. The quantitative estimate of drug-likeness (QED) is 0.826. The molecule has 0 atom stereocenters. The van der Waals surface area contributed by atoms with E-state index >= 15 is 0 Å². The fourth-order valence-electron chi connectivity index (χ4n) is 2.74. The van der Waals surface area contributed by atoms with E-state index in [-0.39, 0.29) is 18.4 Å². The molecule has 1 aromatic rings. The van der Waals surface area contributed by atoms with Crippen LogP contribution in [0.5, 0.6) is 0 Å². The minimum absolute atomic E-state index is 0.00603. The minimum atomic E-state index is -0.251. The smallest absolute Gasteiger partial charge is 0.245 e. The molecule has 1 saturated heterocycles. The number of aromatic nitrogens is 1. The molecule has 0 radical (unpaired) electrons. The summed E-state index contributed by atoms with van der Waals surface area (Å²) in [6.07, 6.45) is 4.12. The molecule has 2 amide bonds. The van der Waals surface area contributed by atoms with Crippen molar-refractivity contribution in [1.82, 2.24) is 15.0 Å². The molecule has 1 N–H and O–H groups in total. The van der Waals surface area contributed by atoms with Crippen LogP contribution >= 0.6 is 0 Å². The van der Waals surface area contributed by atoms with Crippen molar-refractivity contribution in [3.63, 3.8) is 0 Å². The van der Waals surface area contributed by atoms with Crippen molar-refractivity contribution in [1.29, 1.82) is 0 Å². The Labute approximate surface area is 137 Å². The summed E-state index contributed by atoms with van der Waals surface area (Å²) in [6, 6.07) is 1.65. The number of carbonyl (C=O) groups is 2. The second kappa shape index (κ2) is 8.67. The number of hydrogen-bond donors (Lipinski definition) is 1. The van der Waals surface area contributed by atoms with Crippen LogP contribution in [-0.2, 0) is 9.59 Å². The maximum Gasteiger partial charge on any atom is 0.245 e. The molecule has 23 heavy (non-hydrogen) atoms. The molecule has 0 aromatic carbocycles. The summed E-state index contributed by atoms with van der Waals surface area (Å²) in [4.78, 5) is 28.2. The molecule has 128 valence electrons. The molecule has 2 heterocycles. The van der Waals surface area contributed by atoms with E-state index in [1.165, 1.54) is 19.3 Å². The number of rotatable bonds is 7. The maximum absolute atomic E-state index is 12.1. The number of nitrogens with zero attached hydrogens (tertiary/aromatic N) is 3. The normalized spacial score (nSPS) is 15.4. The fourth-order valence-corrected chi connectivity index (χ4v) is 2.74. The van der Waals surface area contributed by atoms with E-state index in [9.17, 15) is 9.59 Å². The summed E-state index contributed by atoms with van der Waals surface area (Å²) in [7, 11) is 0. The summed E-state index contributed by atoms with van der Waals surface area (Å²) in [5.41, 5.74) is 0. The lowest BCUT2D eigenvalue weighted by Gasteiger charge is -2.29. The van der Waals surface area contributed by atoms with E-state index in [4.69, 9.17) is 4.52 Å². The average molecular weight is 322 g/mol. The molecule has 0 saturated carbocycles. The predicted octanol–water partition coefficient (Wildman–Crippen LogP) is 1.65. The second-order valence-corrected chi connectivity index (χ2v) is 5.94. The van der Waals surface area contributed by atoms with Crippen LogP contribution in [0.2, 0.25) is 0 Å². The van der Waals surface area contributed by atoms with Crippen LogP contribution in [0.15, 0.2) is 10.6 Å². The molecule has 1 aliphatic rings. The van der Waals surface area contributed by atoms with Crippen molar-refractivity contribution in [2.75, 3.05) is 38.0 Å². The second-order valence-electron chi connectivity index (χ2n) is 5.94. The van der Waals surface area contributed by atoms with Crippen molar-refractivity contribution < 1.29 is 14.1 Å². The van der Waals surface area contributed by atoms with Gasteiger partial charge in [-0.3, -0.25) is 9.59 Å². The zero-order chi connectivity index (χ0) is 16.7. The van der Waals surface area contributed by atoms with E-state index in [0.29, 0.717) is 24.5 Å². The Morgan fingerprint density at radius 3 is 2.70 bits per heavy atom. The molecule has 0 bridgehead atoms. The number of carbonyl (C=O) groups excluding carboxylic acids is 2. The molecule has 1 aromatic heterocycles. The lowest BCUT2D eigenvalue weighted by Crippen LogP contribution is -2.43. The Bertz CT molecular complexity index is 523. The third-order valence-corrected chi connectivity index (χ3v) is 4.02. The first-order valence-electron chi connectivity index (χ1n) is 8.31. The Morgan fingerprint density at radius 2 is 2.09 bits per heavy atom. The predicted molar refractivity (Wildman–Crippen MR) is 87.0 cm³/mol. The zero-order valence-corrected chi connectivity index (χ0v) is 14.0. The van der Waals surface area contributed by atoms with Crippen molar-refractivity contribution in [2.45, 2.75) is 39.5 Å². The monoisotopic (exact) mass is 322 g/mol. The molecular formula is C16H26N4O3. The number of aryl methyl sites for hydroxylation is 1. The lowest BCUT2D eigenvalue weighted by atomic mass is 10.1. The Hall–Kier alpha value is -1.89. The van der Waals surface area contributed by atoms with E-state index in [1.54, 1.807) is 17.9 Å². The van der Waals surface area contributed by atoms with Gasteiger partial charge in [-0.1, -0.05) is 18.5 Å². The van der Waals surface area contributed by atoms with E-state index in [1.807, 2.05) is 6.92 Å². The molecule has 2 rings (SSSR count). The van der Waals surface area contributed by atoms with E-state index in [0.717, 1.165) is 19.6 Å². The summed E-state index contributed by atoms with van der Waals surface area (Å²) in [5.74, 6) is 0.756. The van der Waals surface area contributed by atoms with Gasteiger partial charge in [-0.2, -0.15) is 0 Å². The lowest BCUT2D eigenvalue weighted by molar-refractivity contribution is -0.134. The van der Waals surface area contributed by atoms with E-state index in [2.05, 4.69) is 15.4 Å². The molecule has 0 unspecified atom stereocenters. The number of piperidine rings is 1. The highest BCUT2D eigenvalue weighted by Crippen LogP contribution is 2.09. The van der Waals surface area contributed by atoms with Crippen LogP contribution in [-0.4, -0.2) is 59.5 Å². The maximum atomic E-state index is 12.1. The van der Waals surface area contributed by atoms with Crippen molar-refractivity contribution in [3.8, 4) is 0 Å². The minimum Gasteiger partial charge on any atom is -0.360 e. The van der Waals surface area contributed by atoms with Crippen LogP contribution in [0.4, 0.5) is 5.82 Å². The third-order valence-electron chi connectivity index (χ3n) is 4.02. The van der Waals surface area contributed by atoms with Gasteiger partial charge in [0.1, 0.15) is 5.76 Å². The number of hydrogen-bond acceptors (Lipinski definition) is 5. The van der Waals surface area contributed by atoms with E-state index < -0.39 is 0 Å². The summed E-state index contributed by atoms with van der Waals surface area (Å²) >= 11 is 0. The largest absolute Gasteiger partial charge is 0.360 e. The summed E-state index contributed by atoms with van der Waals surface area (Å²) in [6.45, 7) is 7.19. The van der Waals surface area contributed by atoms with Crippen LogP contribution in [0.25, 0.3) is 0 Å². The topological polar surface area (TPSA) is 78.7 Å². The molecule has 1 aliphatic heterocycles. The fraction of sp³-hybridized carbons (Fsp3) is 0.688. The van der Waals surface area contributed by atoms with Gasteiger partial charge in [0, 0.05) is 25.6 Å². The van der Waals surface area contributed by atoms with Gasteiger partial charge in [0.25, 0.3) is 0 Å². The van der Waals surface area contributed by atoms with Crippen LogP contribution in [0.1, 0.15) is 38.4 Å². The number of likely N-dealkylation sites (tertiary alicyclic amines) is 1. The summed E-state index contributed by atoms with van der Waals surface area (Å²) in [5, 5.41) is 6.39. The first-order chi connectivity index (χ1) is 11.1. The van der Waals surface area contributed by atoms with Gasteiger partial charge >= 0.3 is 0 Å². The third kappa shape index (κ3) is 5.67. The highest BCUT2D eigenvalue weighted by molar-refractivity contribution is 5.93. The number of nitrogens with one attached hydrogen (secondary N) is 1. The summed E-state index contributed by atoms with van der Waals surface area (Å²) < 4.78 is 4.91. The van der Waals surface area contributed by atoms with Crippen LogP contribution < -0.4 is 5.32 Å². The van der Waals surface area contributed by atoms with Crippen LogP contribution in [0, 0.1) is 6.92 Å². The Balaban J connectivity index is 1.84. The van der Waals surface area contributed by atoms with Crippen molar-refractivity contribution in [3.05, 3.63) is 11.8 Å². The number of anilines is 1. The Kier molecular flexibility index (Phi) is 6.58. The highest BCUT2D eigenvalue weighted by atomic mass is 16.5. The van der Waals surface area contributed by atoms with Gasteiger partial charge in [-0.05, 0) is 32.9 Å².